The van der Waals surface area contributed by atoms with Gasteiger partial charge in [-0.25, -0.2) is 4.98 Å². The van der Waals surface area contributed by atoms with Crippen LogP contribution >= 0.6 is 22.7 Å². The largest absolute Gasteiger partial charge is 0.298 e. The second kappa shape index (κ2) is 4.86. The fraction of sp³-hybridized carbons (Fsp3) is 0. The second-order valence-electron chi connectivity index (χ2n) is 2.68. The minimum Gasteiger partial charge on any atom is -0.298 e. The Morgan fingerprint density at radius 2 is 2.33 bits per heavy atom. The number of nitrogens with one attached hydrogen (secondary N) is 1. The van der Waals surface area contributed by atoms with E-state index in [9.17, 15) is 4.79 Å². The molecule has 0 spiro atoms. The van der Waals surface area contributed by atoms with Gasteiger partial charge < -0.3 is 0 Å². The van der Waals surface area contributed by atoms with Crippen LogP contribution < -0.4 is 5.32 Å². The van der Waals surface area contributed by atoms with Crippen LogP contribution in [-0.2, 0) is 4.79 Å². The van der Waals surface area contributed by atoms with Gasteiger partial charge in [-0.2, -0.15) is 0 Å². The van der Waals surface area contributed by atoms with Gasteiger partial charge in [0.15, 0.2) is 5.13 Å². The van der Waals surface area contributed by atoms with Crippen molar-refractivity contribution in [3.8, 4) is 0 Å². The average Bonchev–Trinajstić information content (AvgIpc) is 2.86. The molecule has 2 aromatic heterocycles. The normalized spacial score (nSPS) is 10.7. The van der Waals surface area contributed by atoms with Gasteiger partial charge in [-0.1, -0.05) is 6.07 Å². The molecule has 2 aromatic rings. The number of thiophene rings is 1. The molecule has 2 rings (SSSR count). The summed E-state index contributed by atoms with van der Waals surface area (Å²) in [6.45, 7) is 0. The van der Waals surface area contributed by atoms with Crippen LogP contribution in [0.5, 0.6) is 0 Å². The summed E-state index contributed by atoms with van der Waals surface area (Å²) in [6.07, 6.45) is 4.95. The molecule has 0 radical (unpaired) electrons. The number of rotatable bonds is 3. The summed E-state index contributed by atoms with van der Waals surface area (Å²) in [4.78, 5) is 16.4. The molecule has 0 bridgehead atoms. The molecule has 5 heteroatoms. The van der Waals surface area contributed by atoms with E-state index in [1.165, 1.54) is 17.4 Å². The SMILES string of the molecule is O=C(/C=C\c1cccs1)Nc1nccs1. The van der Waals surface area contributed by atoms with Gasteiger partial charge in [-0.15, -0.1) is 22.7 Å². The maximum absolute atomic E-state index is 11.4. The second-order valence-corrected chi connectivity index (χ2v) is 4.55. The highest BCUT2D eigenvalue weighted by molar-refractivity contribution is 7.13. The molecule has 0 saturated heterocycles. The Bertz CT molecular complexity index is 446. The van der Waals surface area contributed by atoms with Crippen LogP contribution in [0.3, 0.4) is 0 Å². The average molecular weight is 236 g/mol. The highest BCUT2D eigenvalue weighted by Gasteiger charge is 1.98. The van der Waals surface area contributed by atoms with Crippen LogP contribution in [0.15, 0.2) is 35.2 Å². The zero-order chi connectivity index (χ0) is 10.5. The van der Waals surface area contributed by atoms with Crippen molar-refractivity contribution in [2.24, 2.45) is 0 Å². The summed E-state index contributed by atoms with van der Waals surface area (Å²) in [7, 11) is 0. The van der Waals surface area contributed by atoms with Crippen LogP contribution in [-0.4, -0.2) is 10.9 Å². The maximum atomic E-state index is 11.4. The molecule has 1 amide bonds. The molecular formula is C10H8N2OS2. The number of aromatic nitrogens is 1. The van der Waals surface area contributed by atoms with E-state index >= 15 is 0 Å². The number of hydrogen-bond donors (Lipinski definition) is 1. The molecule has 76 valence electrons. The summed E-state index contributed by atoms with van der Waals surface area (Å²) in [5.41, 5.74) is 0. The van der Waals surface area contributed by atoms with Gasteiger partial charge in [-0.3, -0.25) is 10.1 Å². The minimum absolute atomic E-state index is 0.154. The number of anilines is 1. The number of nitrogens with zero attached hydrogens (tertiary/aromatic N) is 1. The van der Waals surface area contributed by atoms with E-state index in [1.807, 2.05) is 22.9 Å². The standard InChI is InChI=1S/C10H8N2OS2/c13-9(12-10-11-5-7-15-10)4-3-8-2-1-6-14-8/h1-7H,(H,11,12,13)/b4-3-. The Morgan fingerprint density at radius 3 is 3.00 bits per heavy atom. The van der Waals surface area contributed by atoms with Crippen molar-refractivity contribution >= 4 is 39.8 Å². The zero-order valence-electron chi connectivity index (χ0n) is 7.71. The Kier molecular flexibility index (Phi) is 3.26. The smallest absolute Gasteiger partial charge is 0.250 e. The first-order valence-electron chi connectivity index (χ1n) is 4.26. The van der Waals surface area contributed by atoms with Crippen molar-refractivity contribution in [3.05, 3.63) is 40.0 Å². The first kappa shape index (κ1) is 10.1. The van der Waals surface area contributed by atoms with Crippen molar-refractivity contribution in [2.75, 3.05) is 5.32 Å². The number of carbonyl (C=O) groups is 1. The van der Waals surface area contributed by atoms with E-state index in [2.05, 4.69) is 10.3 Å². The summed E-state index contributed by atoms with van der Waals surface area (Å²) in [5.74, 6) is -0.154. The lowest BCUT2D eigenvalue weighted by Crippen LogP contribution is -2.06. The minimum atomic E-state index is -0.154. The number of amides is 1. The molecule has 0 aliphatic carbocycles. The van der Waals surface area contributed by atoms with Crippen LogP contribution in [0.2, 0.25) is 0 Å². The first-order chi connectivity index (χ1) is 7.34. The third kappa shape index (κ3) is 3.00. The fourth-order valence-electron chi connectivity index (χ4n) is 0.976. The van der Waals surface area contributed by atoms with Gasteiger partial charge in [0.05, 0.1) is 0 Å². The molecule has 0 fully saturated rings. The monoisotopic (exact) mass is 236 g/mol. The van der Waals surface area contributed by atoms with Gasteiger partial charge in [0.2, 0.25) is 5.91 Å². The van der Waals surface area contributed by atoms with E-state index in [0.717, 1.165) is 4.88 Å². The quantitative estimate of drug-likeness (QED) is 0.833. The molecule has 2 heterocycles. The third-order valence-electron chi connectivity index (χ3n) is 1.60. The van der Waals surface area contributed by atoms with Crippen molar-refractivity contribution < 1.29 is 4.79 Å². The van der Waals surface area contributed by atoms with Crippen molar-refractivity contribution in [1.29, 1.82) is 0 Å². The first-order valence-corrected chi connectivity index (χ1v) is 6.02. The van der Waals surface area contributed by atoms with E-state index < -0.39 is 0 Å². The third-order valence-corrected chi connectivity index (χ3v) is 3.13. The highest BCUT2D eigenvalue weighted by atomic mass is 32.1. The maximum Gasteiger partial charge on any atom is 0.250 e. The molecular weight excluding hydrogens is 228 g/mol. The molecule has 0 aromatic carbocycles. The Labute approximate surface area is 95.1 Å². The number of hydrogen-bond acceptors (Lipinski definition) is 4. The lowest BCUT2D eigenvalue weighted by molar-refractivity contribution is -0.111. The molecule has 0 atom stereocenters. The number of carbonyl (C=O) groups excluding carboxylic acids is 1. The molecule has 0 unspecified atom stereocenters. The van der Waals surface area contributed by atoms with Gasteiger partial charge in [0.1, 0.15) is 0 Å². The summed E-state index contributed by atoms with van der Waals surface area (Å²) >= 11 is 2.99. The zero-order valence-corrected chi connectivity index (χ0v) is 9.35. The lowest BCUT2D eigenvalue weighted by atomic mass is 10.4. The van der Waals surface area contributed by atoms with Crippen LogP contribution in [0, 0.1) is 0 Å². The van der Waals surface area contributed by atoms with Gasteiger partial charge >= 0.3 is 0 Å². The Hall–Kier alpha value is -1.46. The van der Waals surface area contributed by atoms with E-state index in [1.54, 1.807) is 23.6 Å². The van der Waals surface area contributed by atoms with Crippen LogP contribution in [0.25, 0.3) is 6.08 Å². The molecule has 0 saturated carbocycles. The highest BCUT2D eigenvalue weighted by Crippen LogP contribution is 2.12. The molecule has 0 aliphatic heterocycles. The number of thiazole rings is 1. The summed E-state index contributed by atoms with van der Waals surface area (Å²) in [6, 6.07) is 3.90. The van der Waals surface area contributed by atoms with E-state index in [-0.39, 0.29) is 5.91 Å². The van der Waals surface area contributed by atoms with Gasteiger partial charge in [0, 0.05) is 22.5 Å². The molecule has 1 N–H and O–H groups in total. The molecule has 3 nitrogen and oxygen atoms in total. The molecule has 0 aliphatic rings. The predicted octanol–water partition coefficient (Wildman–Crippen LogP) is 2.86. The van der Waals surface area contributed by atoms with Crippen molar-refractivity contribution in [3.63, 3.8) is 0 Å². The van der Waals surface area contributed by atoms with E-state index in [0.29, 0.717) is 5.13 Å². The van der Waals surface area contributed by atoms with E-state index in [4.69, 9.17) is 0 Å². The van der Waals surface area contributed by atoms with Gasteiger partial charge in [-0.05, 0) is 17.5 Å². The Balaban J connectivity index is 1.93. The van der Waals surface area contributed by atoms with Crippen LogP contribution in [0.4, 0.5) is 5.13 Å². The lowest BCUT2D eigenvalue weighted by Gasteiger charge is -1.93. The van der Waals surface area contributed by atoms with Gasteiger partial charge in [0.25, 0.3) is 0 Å². The summed E-state index contributed by atoms with van der Waals surface area (Å²) in [5, 5.41) is 7.08. The topological polar surface area (TPSA) is 42.0 Å². The summed E-state index contributed by atoms with van der Waals surface area (Å²) < 4.78 is 0. The predicted molar refractivity (Wildman–Crippen MR) is 64.1 cm³/mol. The molecule has 15 heavy (non-hydrogen) atoms. The van der Waals surface area contributed by atoms with Crippen LogP contribution in [0.1, 0.15) is 4.88 Å². The van der Waals surface area contributed by atoms with Crippen molar-refractivity contribution in [1.82, 2.24) is 4.98 Å². The van der Waals surface area contributed by atoms with Crippen molar-refractivity contribution in [2.45, 2.75) is 0 Å². The fourth-order valence-corrected chi connectivity index (χ4v) is 2.13. The Morgan fingerprint density at radius 1 is 1.40 bits per heavy atom.